The molecule has 106 valence electrons. The summed E-state index contributed by atoms with van der Waals surface area (Å²) in [6.45, 7) is 3.79. The van der Waals surface area contributed by atoms with Gasteiger partial charge in [0.25, 0.3) is 0 Å². The minimum atomic E-state index is 0.708. The van der Waals surface area contributed by atoms with Gasteiger partial charge in [0, 0.05) is 25.0 Å². The van der Waals surface area contributed by atoms with Gasteiger partial charge in [-0.1, -0.05) is 12.1 Å². The predicted octanol–water partition coefficient (Wildman–Crippen LogP) is 3.48. The first-order valence-electron chi connectivity index (χ1n) is 6.91. The lowest BCUT2D eigenvalue weighted by molar-refractivity contribution is 0.312. The van der Waals surface area contributed by atoms with E-state index in [0.29, 0.717) is 6.61 Å². The number of hydrogen-bond acceptors (Lipinski definition) is 3. The Morgan fingerprint density at radius 3 is 2.55 bits per heavy atom. The van der Waals surface area contributed by atoms with E-state index in [1.54, 1.807) is 0 Å². The average molecular weight is 270 g/mol. The maximum atomic E-state index is 5.69. The number of benzene rings is 2. The van der Waals surface area contributed by atoms with Crippen LogP contribution in [0.5, 0.6) is 5.75 Å². The van der Waals surface area contributed by atoms with Crippen molar-refractivity contribution in [3.63, 3.8) is 0 Å². The van der Waals surface area contributed by atoms with E-state index >= 15 is 0 Å². The number of rotatable bonds is 6. The van der Waals surface area contributed by atoms with Crippen molar-refractivity contribution in [3.05, 3.63) is 54.1 Å². The number of anilines is 2. The van der Waals surface area contributed by atoms with E-state index < -0.39 is 0 Å². The third-order valence-corrected chi connectivity index (χ3v) is 3.23. The fraction of sp³-hybridized carbons (Fsp3) is 0.294. The fourth-order valence-electron chi connectivity index (χ4n) is 2.05. The van der Waals surface area contributed by atoms with E-state index in [1.807, 2.05) is 24.3 Å². The van der Waals surface area contributed by atoms with Crippen LogP contribution in [-0.2, 0) is 0 Å². The largest absolute Gasteiger partial charge is 0.494 e. The Morgan fingerprint density at radius 2 is 1.85 bits per heavy atom. The molecular formula is C17H22N2O. The van der Waals surface area contributed by atoms with E-state index in [0.717, 1.165) is 24.4 Å². The number of nitrogen functional groups attached to an aromatic ring is 1. The molecule has 0 aliphatic rings. The Hall–Kier alpha value is -2.16. The summed E-state index contributed by atoms with van der Waals surface area (Å²) in [4.78, 5) is 2.25. The third-order valence-electron chi connectivity index (χ3n) is 3.23. The van der Waals surface area contributed by atoms with Crippen LogP contribution < -0.4 is 15.4 Å². The lowest BCUT2D eigenvalue weighted by Gasteiger charge is -2.19. The van der Waals surface area contributed by atoms with Gasteiger partial charge >= 0.3 is 0 Å². The molecule has 0 fully saturated rings. The van der Waals surface area contributed by atoms with Crippen LogP contribution >= 0.6 is 0 Å². The maximum Gasteiger partial charge on any atom is 0.119 e. The van der Waals surface area contributed by atoms with Crippen molar-refractivity contribution in [2.45, 2.75) is 13.3 Å². The summed E-state index contributed by atoms with van der Waals surface area (Å²) < 4.78 is 5.69. The average Bonchev–Trinajstić information content (AvgIpc) is 2.45. The number of nitrogens with two attached hydrogens (primary N) is 1. The van der Waals surface area contributed by atoms with Gasteiger partial charge in [0.05, 0.1) is 6.61 Å². The first-order chi connectivity index (χ1) is 9.65. The Bertz CT molecular complexity index is 537. The zero-order valence-corrected chi connectivity index (χ0v) is 12.2. The molecule has 3 nitrogen and oxygen atoms in total. The van der Waals surface area contributed by atoms with E-state index in [4.69, 9.17) is 10.5 Å². The molecule has 0 amide bonds. The molecule has 2 N–H and O–H groups in total. The maximum absolute atomic E-state index is 5.69. The van der Waals surface area contributed by atoms with Gasteiger partial charge in [-0.25, -0.2) is 0 Å². The van der Waals surface area contributed by atoms with Gasteiger partial charge in [-0.05, 0) is 55.3 Å². The molecule has 0 unspecified atom stereocenters. The highest BCUT2D eigenvalue weighted by atomic mass is 16.5. The first-order valence-corrected chi connectivity index (χ1v) is 6.91. The zero-order valence-electron chi connectivity index (χ0n) is 12.2. The summed E-state index contributed by atoms with van der Waals surface area (Å²) in [6, 6.07) is 16.0. The minimum absolute atomic E-state index is 0.708. The monoisotopic (exact) mass is 270 g/mol. The normalized spacial score (nSPS) is 10.3. The predicted molar refractivity (Wildman–Crippen MR) is 85.4 cm³/mol. The van der Waals surface area contributed by atoms with Crippen molar-refractivity contribution < 1.29 is 4.74 Å². The molecule has 0 radical (unpaired) electrons. The molecule has 0 bridgehead atoms. The van der Waals surface area contributed by atoms with Crippen molar-refractivity contribution >= 4 is 11.4 Å². The van der Waals surface area contributed by atoms with Gasteiger partial charge in [0.15, 0.2) is 0 Å². The van der Waals surface area contributed by atoms with Crippen molar-refractivity contribution in [2.24, 2.45) is 0 Å². The van der Waals surface area contributed by atoms with Gasteiger partial charge in [-0.2, -0.15) is 0 Å². The Morgan fingerprint density at radius 1 is 1.10 bits per heavy atom. The molecule has 2 aromatic rings. The van der Waals surface area contributed by atoms with Crippen LogP contribution in [-0.4, -0.2) is 20.2 Å². The molecule has 0 saturated carbocycles. The minimum Gasteiger partial charge on any atom is -0.494 e. The quantitative estimate of drug-likeness (QED) is 0.645. The van der Waals surface area contributed by atoms with Crippen molar-refractivity contribution in [2.75, 3.05) is 30.8 Å². The number of aryl methyl sites for hydroxylation is 1. The molecule has 0 atom stereocenters. The fourth-order valence-corrected chi connectivity index (χ4v) is 2.05. The highest BCUT2D eigenvalue weighted by molar-refractivity contribution is 5.47. The molecule has 2 aromatic carbocycles. The van der Waals surface area contributed by atoms with Gasteiger partial charge in [-0.15, -0.1) is 0 Å². The summed E-state index contributed by atoms with van der Waals surface area (Å²) in [6.07, 6.45) is 0.981. The molecule has 0 heterocycles. The van der Waals surface area contributed by atoms with Crippen LogP contribution in [0.3, 0.4) is 0 Å². The Balaban J connectivity index is 1.74. The molecule has 2 rings (SSSR count). The van der Waals surface area contributed by atoms with Gasteiger partial charge < -0.3 is 15.4 Å². The van der Waals surface area contributed by atoms with Gasteiger partial charge in [0.1, 0.15) is 5.75 Å². The van der Waals surface area contributed by atoms with Crippen molar-refractivity contribution in [3.8, 4) is 5.75 Å². The van der Waals surface area contributed by atoms with Crippen molar-refractivity contribution in [1.29, 1.82) is 0 Å². The second kappa shape index (κ2) is 6.85. The van der Waals surface area contributed by atoms with E-state index in [2.05, 4.69) is 43.1 Å². The summed E-state index contributed by atoms with van der Waals surface area (Å²) in [5.41, 5.74) is 8.93. The van der Waals surface area contributed by atoms with E-state index in [9.17, 15) is 0 Å². The highest BCUT2D eigenvalue weighted by Crippen LogP contribution is 2.15. The number of nitrogens with zero attached hydrogens (tertiary/aromatic N) is 1. The van der Waals surface area contributed by atoms with Crippen LogP contribution in [0, 0.1) is 6.92 Å². The summed E-state index contributed by atoms with van der Waals surface area (Å²) >= 11 is 0. The van der Waals surface area contributed by atoms with Gasteiger partial charge in [-0.3, -0.25) is 0 Å². The van der Waals surface area contributed by atoms with E-state index in [1.165, 1.54) is 11.3 Å². The lowest BCUT2D eigenvalue weighted by atomic mass is 10.2. The van der Waals surface area contributed by atoms with Gasteiger partial charge in [0.2, 0.25) is 0 Å². The van der Waals surface area contributed by atoms with Crippen LogP contribution in [0.2, 0.25) is 0 Å². The van der Waals surface area contributed by atoms with E-state index in [-0.39, 0.29) is 0 Å². The SMILES string of the molecule is Cc1cccc(N(C)CCCOc2ccc(N)cc2)c1. The summed E-state index contributed by atoms with van der Waals surface area (Å²) in [5, 5.41) is 0. The molecule has 0 aromatic heterocycles. The van der Waals surface area contributed by atoms with Crippen molar-refractivity contribution in [1.82, 2.24) is 0 Å². The summed E-state index contributed by atoms with van der Waals surface area (Å²) in [5.74, 6) is 0.873. The van der Waals surface area contributed by atoms with Crippen LogP contribution in [0.25, 0.3) is 0 Å². The smallest absolute Gasteiger partial charge is 0.119 e. The Labute approximate surface area is 121 Å². The van der Waals surface area contributed by atoms with Crippen LogP contribution in [0.4, 0.5) is 11.4 Å². The second-order valence-corrected chi connectivity index (χ2v) is 5.03. The van der Waals surface area contributed by atoms with Crippen LogP contribution in [0.15, 0.2) is 48.5 Å². The number of ether oxygens (including phenoxy) is 1. The molecule has 0 spiro atoms. The zero-order chi connectivity index (χ0) is 14.4. The molecule has 0 saturated heterocycles. The molecule has 0 aliphatic heterocycles. The first kappa shape index (κ1) is 14.3. The Kier molecular flexibility index (Phi) is 4.88. The molecular weight excluding hydrogens is 248 g/mol. The second-order valence-electron chi connectivity index (χ2n) is 5.03. The topological polar surface area (TPSA) is 38.5 Å². The number of hydrogen-bond donors (Lipinski definition) is 1. The molecule has 20 heavy (non-hydrogen) atoms. The lowest BCUT2D eigenvalue weighted by Crippen LogP contribution is -2.20. The summed E-state index contributed by atoms with van der Waals surface area (Å²) in [7, 11) is 2.11. The highest BCUT2D eigenvalue weighted by Gasteiger charge is 2.01. The molecule has 0 aliphatic carbocycles. The van der Waals surface area contributed by atoms with Crippen LogP contribution in [0.1, 0.15) is 12.0 Å². The third kappa shape index (κ3) is 4.19. The standard InChI is InChI=1S/C17H22N2O/c1-14-5-3-6-16(13-14)19(2)11-4-12-20-17-9-7-15(18)8-10-17/h3,5-10,13H,4,11-12,18H2,1-2H3. The molecule has 3 heteroatoms.